The molecule has 0 saturated carbocycles. The standard InChI is InChI=1S/C12H23N3O/c16-12(15-8-4-1-5-9-15)14-11-6-2-3-7-13-10-11/h11,13H,1-10H2,(H,14,16). The third-order valence-electron chi connectivity index (χ3n) is 3.52. The number of carbonyl (C=O) groups excluding carboxylic acids is 1. The number of carbonyl (C=O) groups is 1. The van der Waals surface area contributed by atoms with Gasteiger partial charge >= 0.3 is 6.03 Å². The van der Waals surface area contributed by atoms with Gasteiger partial charge in [0.05, 0.1) is 0 Å². The average molecular weight is 225 g/mol. The van der Waals surface area contributed by atoms with Crippen molar-refractivity contribution in [2.45, 2.75) is 44.6 Å². The average Bonchev–Trinajstić information content (AvgIpc) is 2.59. The summed E-state index contributed by atoms with van der Waals surface area (Å²) >= 11 is 0. The van der Waals surface area contributed by atoms with E-state index in [0.29, 0.717) is 6.04 Å². The Kier molecular flexibility index (Phi) is 4.45. The lowest BCUT2D eigenvalue weighted by Gasteiger charge is -2.29. The Morgan fingerprint density at radius 3 is 2.75 bits per heavy atom. The zero-order valence-electron chi connectivity index (χ0n) is 10.0. The van der Waals surface area contributed by atoms with Gasteiger partial charge in [0.15, 0.2) is 0 Å². The Morgan fingerprint density at radius 1 is 1.12 bits per heavy atom. The molecule has 0 aliphatic carbocycles. The molecular weight excluding hydrogens is 202 g/mol. The minimum Gasteiger partial charge on any atom is -0.334 e. The lowest BCUT2D eigenvalue weighted by Crippen LogP contribution is -2.49. The van der Waals surface area contributed by atoms with Crippen molar-refractivity contribution < 1.29 is 4.79 Å². The van der Waals surface area contributed by atoms with E-state index in [4.69, 9.17) is 0 Å². The van der Waals surface area contributed by atoms with Crippen LogP contribution in [0.15, 0.2) is 0 Å². The Balaban J connectivity index is 1.76. The third-order valence-corrected chi connectivity index (χ3v) is 3.52. The number of urea groups is 1. The summed E-state index contributed by atoms with van der Waals surface area (Å²) < 4.78 is 0. The van der Waals surface area contributed by atoms with Crippen molar-refractivity contribution in [2.75, 3.05) is 26.2 Å². The normalized spacial score (nSPS) is 27.2. The summed E-state index contributed by atoms with van der Waals surface area (Å²) in [6, 6.07) is 0.477. The van der Waals surface area contributed by atoms with Gasteiger partial charge in [0.1, 0.15) is 0 Å². The zero-order chi connectivity index (χ0) is 11.2. The number of nitrogens with one attached hydrogen (secondary N) is 2. The molecular formula is C12H23N3O. The second-order valence-electron chi connectivity index (χ2n) is 4.89. The molecule has 1 unspecified atom stereocenters. The molecule has 2 aliphatic rings. The molecule has 2 aliphatic heterocycles. The maximum atomic E-state index is 12.0. The van der Waals surface area contributed by atoms with Crippen molar-refractivity contribution in [1.29, 1.82) is 0 Å². The second-order valence-corrected chi connectivity index (χ2v) is 4.89. The molecule has 0 aromatic heterocycles. The van der Waals surface area contributed by atoms with Crippen LogP contribution in [0, 0.1) is 0 Å². The van der Waals surface area contributed by atoms with Gasteiger partial charge in [-0.2, -0.15) is 0 Å². The van der Waals surface area contributed by atoms with Crippen molar-refractivity contribution in [3.8, 4) is 0 Å². The van der Waals surface area contributed by atoms with Crippen molar-refractivity contribution in [2.24, 2.45) is 0 Å². The van der Waals surface area contributed by atoms with E-state index in [0.717, 1.165) is 45.4 Å². The first-order valence-corrected chi connectivity index (χ1v) is 6.62. The highest BCUT2D eigenvalue weighted by Crippen LogP contribution is 2.10. The summed E-state index contributed by atoms with van der Waals surface area (Å²) in [7, 11) is 0. The number of hydrogen-bond donors (Lipinski definition) is 2. The van der Waals surface area contributed by atoms with Gasteiger partial charge in [-0.1, -0.05) is 6.42 Å². The van der Waals surface area contributed by atoms with Crippen LogP contribution in [0.5, 0.6) is 0 Å². The van der Waals surface area contributed by atoms with Gasteiger partial charge in [0.2, 0.25) is 0 Å². The van der Waals surface area contributed by atoms with E-state index in [-0.39, 0.29) is 6.03 Å². The first-order valence-electron chi connectivity index (χ1n) is 6.62. The first kappa shape index (κ1) is 11.7. The van der Waals surface area contributed by atoms with Gasteiger partial charge in [-0.3, -0.25) is 0 Å². The predicted octanol–water partition coefficient (Wildman–Crippen LogP) is 1.32. The largest absolute Gasteiger partial charge is 0.334 e. The lowest BCUT2D eigenvalue weighted by molar-refractivity contribution is 0.182. The fraction of sp³-hybridized carbons (Fsp3) is 0.917. The Labute approximate surface area is 97.8 Å². The van der Waals surface area contributed by atoms with Crippen LogP contribution in [0.25, 0.3) is 0 Å². The number of likely N-dealkylation sites (tertiary alicyclic amines) is 1. The summed E-state index contributed by atoms with van der Waals surface area (Å²) in [6.45, 7) is 3.90. The molecule has 0 spiro atoms. The fourth-order valence-corrected chi connectivity index (χ4v) is 2.51. The quantitative estimate of drug-likeness (QED) is 0.707. The highest BCUT2D eigenvalue weighted by Gasteiger charge is 2.20. The van der Waals surface area contributed by atoms with Crippen LogP contribution in [0.4, 0.5) is 4.79 Å². The smallest absolute Gasteiger partial charge is 0.317 e. The van der Waals surface area contributed by atoms with Crippen LogP contribution in [0.1, 0.15) is 38.5 Å². The van der Waals surface area contributed by atoms with Gasteiger partial charge in [-0.25, -0.2) is 4.79 Å². The van der Waals surface area contributed by atoms with Gasteiger partial charge in [0.25, 0.3) is 0 Å². The summed E-state index contributed by atoms with van der Waals surface area (Å²) in [6.07, 6.45) is 7.17. The van der Waals surface area contributed by atoms with Crippen LogP contribution in [0.3, 0.4) is 0 Å². The number of hydrogen-bond acceptors (Lipinski definition) is 2. The van der Waals surface area contributed by atoms with E-state index in [1.165, 1.54) is 19.3 Å². The minimum absolute atomic E-state index is 0.147. The van der Waals surface area contributed by atoms with E-state index >= 15 is 0 Å². The SMILES string of the molecule is O=C(NC1CCCCNC1)N1CCCCC1. The highest BCUT2D eigenvalue weighted by molar-refractivity contribution is 5.74. The van der Waals surface area contributed by atoms with E-state index in [1.54, 1.807) is 0 Å². The molecule has 2 fully saturated rings. The molecule has 2 amide bonds. The summed E-state index contributed by atoms with van der Waals surface area (Å²) in [4.78, 5) is 13.9. The van der Waals surface area contributed by atoms with Crippen LogP contribution >= 0.6 is 0 Å². The summed E-state index contributed by atoms with van der Waals surface area (Å²) in [5.74, 6) is 0. The Morgan fingerprint density at radius 2 is 1.94 bits per heavy atom. The van der Waals surface area contributed by atoms with E-state index in [1.807, 2.05) is 4.90 Å². The predicted molar refractivity (Wildman–Crippen MR) is 64.5 cm³/mol. The molecule has 0 aromatic rings. The van der Waals surface area contributed by atoms with Crippen molar-refractivity contribution in [3.63, 3.8) is 0 Å². The monoisotopic (exact) mass is 225 g/mol. The molecule has 2 N–H and O–H groups in total. The van der Waals surface area contributed by atoms with Crippen molar-refractivity contribution in [1.82, 2.24) is 15.5 Å². The van der Waals surface area contributed by atoms with Crippen LogP contribution < -0.4 is 10.6 Å². The minimum atomic E-state index is 0.147. The molecule has 4 nitrogen and oxygen atoms in total. The van der Waals surface area contributed by atoms with Gasteiger partial charge in [-0.05, 0) is 38.6 Å². The van der Waals surface area contributed by atoms with Gasteiger partial charge in [0, 0.05) is 25.7 Å². The molecule has 2 rings (SSSR count). The summed E-state index contributed by atoms with van der Waals surface area (Å²) in [5, 5.41) is 6.53. The maximum Gasteiger partial charge on any atom is 0.317 e. The molecule has 2 saturated heterocycles. The van der Waals surface area contributed by atoms with Gasteiger partial charge < -0.3 is 15.5 Å². The number of piperidine rings is 1. The Bertz CT molecular complexity index is 218. The molecule has 92 valence electrons. The highest BCUT2D eigenvalue weighted by atomic mass is 16.2. The van der Waals surface area contributed by atoms with E-state index < -0.39 is 0 Å². The first-order chi connectivity index (χ1) is 7.86. The number of amides is 2. The summed E-state index contributed by atoms with van der Waals surface area (Å²) in [5.41, 5.74) is 0. The molecule has 2 heterocycles. The topological polar surface area (TPSA) is 44.4 Å². The van der Waals surface area contributed by atoms with Crippen LogP contribution in [-0.4, -0.2) is 43.2 Å². The zero-order valence-corrected chi connectivity index (χ0v) is 10.0. The number of nitrogens with zero attached hydrogens (tertiary/aromatic N) is 1. The second kappa shape index (κ2) is 6.09. The lowest BCUT2D eigenvalue weighted by atomic mass is 10.1. The number of rotatable bonds is 1. The molecule has 0 radical (unpaired) electrons. The van der Waals surface area contributed by atoms with Crippen LogP contribution in [-0.2, 0) is 0 Å². The molecule has 0 bridgehead atoms. The van der Waals surface area contributed by atoms with Crippen molar-refractivity contribution in [3.05, 3.63) is 0 Å². The molecule has 0 aromatic carbocycles. The molecule has 16 heavy (non-hydrogen) atoms. The van der Waals surface area contributed by atoms with Crippen LogP contribution in [0.2, 0.25) is 0 Å². The maximum absolute atomic E-state index is 12.0. The fourth-order valence-electron chi connectivity index (χ4n) is 2.51. The van der Waals surface area contributed by atoms with E-state index in [2.05, 4.69) is 10.6 Å². The van der Waals surface area contributed by atoms with E-state index in [9.17, 15) is 4.79 Å². The molecule has 1 atom stereocenters. The Hall–Kier alpha value is -0.770. The van der Waals surface area contributed by atoms with Crippen molar-refractivity contribution >= 4 is 6.03 Å². The molecule has 4 heteroatoms. The third kappa shape index (κ3) is 3.37. The van der Waals surface area contributed by atoms with Gasteiger partial charge in [-0.15, -0.1) is 0 Å².